The Kier molecular flexibility index (Phi) is 8.71. The molecule has 3 aromatic carbocycles. The maximum absolute atomic E-state index is 14.9. The lowest BCUT2D eigenvalue weighted by molar-refractivity contribution is -0.155. The van der Waals surface area contributed by atoms with E-state index in [-0.39, 0.29) is 24.8 Å². The number of fused-ring (bicyclic) bond motifs is 2. The van der Waals surface area contributed by atoms with Crippen molar-refractivity contribution in [2.75, 3.05) is 11.5 Å². The molecule has 3 aliphatic heterocycles. The highest BCUT2D eigenvalue weighted by Gasteiger charge is 2.50. The molecule has 1 aliphatic carbocycles. The lowest BCUT2D eigenvalue weighted by Crippen LogP contribution is -2.58. The van der Waals surface area contributed by atoms with Crippen molar-refractivity contribution in [1.29, 1.82) is 0 Å². The molecule has 0 bridgehead atoms. The third-order valence-corrected chi connectivity index (χ3v) is 10.6. The minimum Gasteiger partial charge on any atom is -0.480 e. The van der Waals surface area contributed by atoms with E-state index in [2.05, 4.69) is 0 Å². The molecular weight excluding hydrogens is 594 g/mol. The van der Waals surface area contributed by atoms with Gasteiger partial charge in [-0.05, 0) is 59.9 Å². The van der Waals surface area contributed by atoms with Crippen LogP contribution in [-0.2, 0) is 38.5 Å². The number of hydrogen-bond acceptors (Lipinski definition) is 5. The van der Waals surface area contributed by atoms with Crippen molar-refractivity contribution in [2.45, 2.75) is 88.5 Å². The molecule has 4 aliphatic rings. The number of benzene rings is 3. The Bertz CT molecular complexity index is 1650. The largest absolute Gasteiger partial charge is 0.480 e. The summed E-state index contributed by atoms with van der Waals surface area (Å²) >= 11 is 0. The van der Waals surface area contributed by atoms with Crippen LogP contribution in [0.15, 0.2) is 78.9 Å². The van der Waals surface area contributed by atoms with E-state index in [1.807, 2.05) is 78.9 Å². The van der Waals surface area contributed by atoms with E-state index in [1.54, 1.807) is 4.90 Å². The van der Waals surface area contributed by atoms with E-state index in [1.165, 1.54) is 16.2 Å². The number of likely N-dealkylation sites (tertiary alicyclic amines) is 1. The summed E-state index contributed by atoms with van der Waals surface area (Å²) in [6.45, 7) is 0.484. The number of ether oxygens (including phenoxy) is 1. The first-order chi connectivity index (χ1) is 22.9. The molecule has 7 rings (SSSR count). The summed E-state index contributed by atoms with van der Waals surface area (Å²) in [6, 6.07) is 21.6. The van der Waals surface area contributed by atoms with Crippen molar-refractivity contribution in [3.05, 3.63) is 101 Å². The predicted octanol–water partition coefficient (Wildman–Crippen LogP) is 5.91. The van der Waals surface area contributed by atoms with E-state index in [9.17, 15) is 24.3 Å². The molecule has 244 valence electrons. The molecule has 9 heteroatoms. The molecule has 9 nitrogen and oxygen atoms in total. The Balaban J connectivity index is 1.21. The lowest BCUT2D eigenvalue weighted by Gasteiger charge is -2.40. The molecule has 0 radical (unpaired) electrons. The maximum atomic E-state index is 14.9. The molecule has 3 heterocycles. The number of anilines is 1. The average Bonchev–Trinajstić information content (AvgIpc) is 3.73. The second kappa shape index (κ2) is 13.2. The molecule has 1 saturated heterocycles. The van der Waals surface area contributed by atoms with Crippen LogP contribution in [0.4, 0.5) is 10.5 Å². The molecule has 0 spiro atoms. The minimum atomic E-state index is -1.07. The Labute approximate surface area is 275 Å². The number of hydrogen-bond donors (Lipinski definition) is 1. The van der Waals surface area contributed by atoms with Crippen molar-refractivity contribution in [2.24, 2.45) is 5.92 Å². The number of carbonyl (C=O) groups is 4. The third kappa shape index (κ3) is 5.99. The van der Waals surface area contributed by atoms with Crippen LogP contribution >= 0.6 is 0 Å². The van der Waals surface area contributed by atoms with Gasteiger partial charge in [-0.1, -0.05) is 92.1 Å². The summed E-state index contributed by atoms with van der Waals surface area (Å²) in [4.78, 5) is 60.3. The molecule has 0 aromatic heterocycles. The van der Waals surface area contributed by atoms with E-state index in [0.29, 0.717) is 37.5 Å². The number of carboxylic acids is 1. The van der Waals surface area contributed by atoms with Gasteiger partial charge in [-0.2, -0.15) is 0 Å². The SMILES string of the molecule is O=C(O)[C@H]1Cc2ccccc2CN1C(=O)[C@H]1CC[C@@H](c2ccccc2)N1C(=O)[C@H]1Cc2ccccc2N1C(=O)OCC1CCCCC1. The second-order valence-corrected chi connectivity index (χ2v) is 13.4. The molecule has 1 N–H and O–H groups in total. The second-order valence-electron chi connectivity index (χ2n) is 13.4. The average molecular weight is 636 g/mol. The minimum absolute atomic E-state index is 0.162. The zero-order valence-corrected chi connectivity index (χ0v) is 26.5. The summed E-state index contributed by atoms with van der Waals surface area (Å²) in [5.41, 5.74) is 4.24. The number of aliphatic carboxylic acids is 1. The first-order valence-electron chi connectivity index (χ1n) is 16.9. The van der Waals surface area contributed by atoms with Gasteiger partial charge >= 0.3 is 12.1 Å². The maximum Gasteiger partial charge on any atom is 0.415 e. The highest BCUT2D eigenvalue weighted by atomic mass is 16.6. The van der Waals surface area contributed by atoms with Gasteiger partial charge in [0.2, 0.25) is 11.8 Å². The fourth-order valence-corrected chi connectivity index (χ4v) is 8.12. The highest BCUT2D eigenvalue weighted by molar-refractivity contribution is 6.02. The Morgan fingerprint density at radius 3 is 2.09 bits per heavy atom. The van der Waals surface area contributed by atoms with E-state index < -0.39 is 36.2 Å². The van der Waals surface area contributed by atoms with Crippen LogP contribution in [0.5, 0.6) is 0 Å². The van der Waals surface area contributed by atoms with E-state index >= 15 is 0 Å². The van der Waals surface area contributed by atoms with E-state index in [0.717, 1.165) is 47.9 Å². The van der Waals surface area contributed by atoms with Gasteiger partial charge in [0.25, 0.3) is 0 Å². The zero-order chi connectivity index (χ0) is 32.5. The van der Waals surface area contributed by atoms with Crippen molar-refractivity contribution in [3.8, 4) is 0 Å². The van der Waals surface area contributed by atoms with Gasteiger partial charge < -0.3 is 19.6 Å². The first-order valence-corrected chi connectivity index (χ1v) is 16.9. The molecule has 0 unspecified atom stereocenters. The van der Waals surface area contributed by atoms with Crippen molar-refractivity contribution in [3.63, 3.8) is 0 Å². The smallest absolute Gasteiger partial charge is 0.415 e. The van der Waals surface area contributed by atoms with Crippen molar-refractivity contribution < 1.29 is 29.0 Å². The fourth-order valence-electron chi connectivity index (χ4n) is 8.12. The number of carboxylic acid groups (broad SMARTS) is 1. The molecule has 2 fully saturated rings. The molecule has 3 amide bonds. The Morgan fingerprint density at radius 1 is 0.681 bits per heavy atom. The molecule has 47 heavy (non-hydrogen) atoms. The first kappa shape index (κ1) is 31.0. The number of carbonyl (C=O) groups excluding carboxylic acids is 3. The number of amides is 3. The summed E-state index contributed by atoms with van der Waals surface area (Å²) in [5.74, 6) is -1.45. The Hall–Kier alpha value is -4.66. The lowest BCUT2D eigenvalue weighted by atomic mass is 9.90. The van der Waals surface area contributed by atoms with Crippen molar-refractivity contribution >= 4 is 29.6 Å². The molecular formula is C38H41N3O6. The molecule has 1 saturated carbocycles. The topological polar surface area (TPSA) is 107 Å². The van der Waals surface area contributed by atoms with Crippen molar-refractivity contribution in [1.82, 2.24) is 9.80 Å². The summed E-state index contributed by atoms with van der Waals surface area (Å²) in [6.07, 6.45) is 6.42. The van der Waals surface area contributed by atoms with E-state index in [4.69, 9.17) is 4.74 Å². The summed E-state index contributed by atoms with van der Waals surface area (Å²) in [7, 11) is 0. The standard InChI is InChI=1S/C38H41N3O6/c42-35(39-23-29-17-8-7-15-27(29)21-34(39)37(44)45)32-20-19-31(26-13-5-2-6-14-26)40(32)36(43)33-22-28-16-9-10-18-30(28)41(33)38(46)47-24-25-11-3-1-4-12-25/h2,5-10,13-18,25,31-34H,1,3-4,11-12,19-24H2,(H,44,45)/t31-,32+,33+,34+/m0/s1. The van der Waals surface area contributed by atoms with Gasteiger partial charge in [0.05, 0.1) is 18.3 Å². The van der Waals surface area contributed by atoms with Gasteiger partial charge in [-0.25, -0.2) is 9.59 Å². The highest BCUT2D eigenvalue weighted by Crippen LogP contribution is 2.42. The zero-order valence-electron chi connectivity index (χ0n) is 26.5. The van der Waals surface area contributed by atoms with Crippen LogP contribution in [0, 0.1) is 5.92 Å². The van der Waals surface area contributed by atoms with Crippen LogP contribution in [0.3, 0.4) is 0 Å². The van der Waals surface area contributed by atoms with Gasteiger partial charge in [-0.3, -0.25) is 14.5 Å². The monoisotopic (exact) mass is 635 g/mol. The molecule has 3 aromatic rings. The van der Waals surface area contributed by atoms with Gasteiger partial charge in [0.15, 0.2) is 0 Å². The van der Waals surface area contributed by atoms with Gasteiger partial charge in [-0.15, -0.1) is 0 Å². The van der Waals surface area contributed by atoms with Crippen LogP contribution in [0.2, 0.25) is 0 Å². The number of para-hydroxylation sites is 1. The normalized spacial score (nSPS) is 24.0. The predicted molar refractivity (Wildman–Crippen MR) is 176 cm³/mol. The number of nitrogens with zero attached hydrogens (tertiary/aromatic N) is 3. The van der Waals surface area contributed by atoms with Crippen LogP contribution in [-0.4, -0.2) is 63.5 Å². The fraction of sp³-hybridized carbons (Fsp3) is 0.421. The third-order valence-electron chi connectivity index (χ3n) is 10.6. The molecule has 4 atom stereocenters. The van der Waals surface area contributed by atoms with Crippen LogP contribution in [0.25, 0.3) is 0 Å². The summed E-state index contributed by atoms with van der Waals surface area (Å²) in [5, 5.41) is 10.2. The Morgan fingerprint density at radius 2 is 1.34 bits per heavy atom. The van der Waals surface area contributed by atoms with Crippen LogP contribution < -0.4 is 4.90 Å². The van der Waals surface area contributed by atoms with Crippen LogP contribution in [0.1, 0.15) is 73.2 Å². The van der Waals surface area contributed by atoms with Gasteiger partial charge in [0.1, 0.15) is 18.1 Å². The quantitative estimate of drug-likeness (QED) is 0.361. The number of rotatable bonds is 6. The van der Waals surface area contributed by atoms with Gasteiger partial charge in [0, 0.05) is 19.4 Å². The summed E-state index contributed by atoms with van der Waals surface area (Å²) < 4.78 is 5.90.